The molecule has 0 bridgehead atoms. The van der Waals surface area contributed by atoms with Gasteiger partial charge in [-0.25, -0.2) is 0 Å². The van der Waals surface area contributed by atoms with E-state index in [1.165, 1.54) is 62.2 Å². The van der Waals surface area contributed by atoms with E-state index in [4.69, 9.17) is 0 Å². The van der Waals surface area contributed by atoms with E-state index in [1.807, 2.05) is 0 Å². The summed E-state index contributed by atoms with van der Waals surface area (Å²) >= 11 is 0. The van der Waals surface area contributed by atoms with Crippen LogP contribution in [0.25, 0.3) is 0 Å². The molecule has 0 spiro atoms. The van der Waals surface area contributed by atoms with Crippen molar-refractivity contribution >= 4 is 16.1 Å². The molecule has 0 saturated heterocycles. The molecule has 302 valence electrons. The van der Waals surface area contributed by atoms with Crippen molar-refractivity contribution in [2.75, 3.05) is 0 Å². The Morgan fingerprint density at radius 3 is 1.00 bits per heavy atom. The monoisotopic (exact) mass is 938 g/mol. The number of hydrogen-bond donors (Lipinski definition) is 0. The zero-order valence-electron chi connectivity index (χ0n) is 39.5. The second kappa shape index (κ2) is 21.5. The van der Waals surface area contributed by atoms with Gasteiger partial charge in [-0.3, -0.25) is 0 Å². The average Bonchev–Trinajstić information content (AvgIpc) is 3.88. The minimum Gasteiger partial charge on any atom is -0.0685 e. The summed E-state index contributed by atoms with van der Waals surface area (Å²) in [6.45, 7) is 43.5. The van der Waals surface area contributed by atoms with E-state index in [-0.39, 0.29) is 65.4 Å². The van der Waals surface area contributed by atoms with Gasteiger partial charge in [-0.05, 0) is 193 Å². The van der Waals surface area contributed by atoms with Gasteiger partial charge in [0, 0.05) is 65.4 Å². The molecular formula is C52H80Si2Y2. The van der Waals surface area contributed by atoms with Crippen LogP contribution >= 0.6 is 0 Å². The summed E-state index contributed by atoms with van der Waals surface area (Å²) in [5.41, 5.74) is 6.64. The Balaban J connectivity index is 0.000000290. The zero-order valence-corrected chi connectivity index (χ0v) is 47.2. The minimum atomic E-state index is -1.66. The SMILES string of the molecule is C[C]1[C](C)[C](C)[C]([Si](C)(C)[C]2[CH][CH][C]([C@H]3C[C@H](C)CC[C@H]3C(C)C)[CH]2)[C]1C.C[C]1[C](C)[C](C)[C]([Si](C)(C)[C]2[CH][CH][C]([C@H]3C[C@H](C)CC[C@H]3C(C)C)[CH]2)[C]1C.[Y].[Y]. The molecule has 22 radical (unpaired) electrons. The van der Waals surface area contributed by atoms with Gasteiger partial charge in [0.1, 0.15) is 0 Å². The van der Waals surface area contributed by atoms with Gasteiger partial charge in [0.25, 0.3) is 0 Å². The van der Waals surface area contributed by atoms with Crippen LogP contribution in [0.5, 0.6) is 0 Å². The molecule has 56 heavy (non-hydrogen) atoms. The van der Waals surface area contributed by atoms with Crippen LogP contribution in [0, 0.1) is 167 Å². The largest absolute Gasteiger partial charge is 0.0685 e. The first-order valence-electron chi connectivity index (χ1n) is 22.1. The van der Waals surface area contributed by atoms with Crippen LogP contribution in [0.2, 0.25) is 26.2 Å². The summed E-state index contributed by atoms with van der Waals surface area (Å²) in [6.07, 6.45) is 23.5. The summed E-state index contributed by atoms with van der Waals surface area (Å²) in [6, 6.07) is 0. The third-order valence-corrected chi connectivity index (χ3v) is 23.5. The molecule has 0 nitrogen and oxygen atoms in total. The van der Waals surface area contributed by atoms with Gasteiger partial charge >= 0.3 is 0 Å². The van der Waals surface area contributed by atoms with Crippen LogP contribution in [-0.2, 0) is 65.4 Å². The summed E-state index contributed by atoms with van der Waals surface area (Å²) < 4.78 is 0. The maximum absolute atomic E-state index is 2.61. The van der Waals surface area contributed by atoms with Gasteiger partial charge in [0.2, 0.25) is 0 Å². The van der Waals surface area contributed by atoms with E-state index in [0.29, 0.717) is 0 Å². The second-order valence-electron chi connectivity index (χ2n) is 20.7. The summed E-state index contributed by atoms with van der Waals surface area (Å²) in [5.74, 6) is 22.1. The maximum Gasteiger partial charge on any atom is 0.0626 e. The van der Waals surface area contributed by atoms with Gasteiger partial charge in [-0.15, -0.1) is 0 Å². The first-order valence-corrected chi connectivity index (χ1v) is 28.1. The molecule has 0 N–H and O–H groups in total. The first-order chi connectivity index (χ1) is 25.1. The van der Waals surface area contributed by atoms with E-state index in [2.05, 4.69) is 162 Å². The second-order valence-corrected chi connectivity index (χ2v) is 29.4. The van der Waals surface area contributed by atoms with Crippen molar-refractivity contribution in [2.45, 2.75) is 162 Å². The van der Waals surface area contributed by atoms with Crippen LogP contribution in [-0.4, -0.2) is 16.1 Å². The summed E-state index contributed by atoms with van der Waals surface area (Å²) in [4.78, 5) is 0. The average molecular weight is 939 g/mol. The van der Waals surface area contributed by atoms with Crippen LogP contribution < -0.4 is 0 Å². The summed E-state index contributed by atoms with van der Waals surface area (Å²) in [7, 11) is -3.33. The molecule has 6 rings (SSSR count). The quantitative estimate of drug-likeness (QED) is 0.213. The molecule has 6 aliphatic rings. The van der Waals surface area contributed by atoms with Crippen LogP contribution in [0.4, 0.5) is 0 Å². The van der Waals surface area contributed by atoms with E-state index in [0.717, 1.165) is 47.3 Å². The van der Waals surface area contributed by atoms with Crippen molar-refractivity contribution < 1.29 is 65.4 Å². The van der Waals surface area contributed by atoms with Crippen molar-refractivity contribution in [1.82, 2.24) is 0 Å². The Labute approximate surface area is 406 Å². The first kappa shape index (κ1) is 53.0. The Morgan fingerprint density at radius 1 is 0.446 bits per heavy atom. The molecule has 0 aromatic heterocycles. The van der Waals surface area contributed by atoms with Crippen LogP contribution in [0.3, 0.4) is 0 Å². The van der Waals surface area contributed by atoms with Crippen molar-refractivity contribution in [2.24, 2.45) is 47.3 Å². The van der Waals surface area contributed by atoms with Crippen molar-refractivity contribution in [3.63, 3.8) is 0 Å². The molecule has 0 aliphatic heterocycles. The van der Waals surface area contributed by atoms with Crippen molar-refractivity contribution in [3.8, 4) is 0 Å². The molecule has 6 atom stereocenters. The molecule has 0 amide bonds. The third kappa shape index (κ3) is 10.9. The van der Waals surface area contributed by atoms with E-state index in [1.54, 1.807) is 57.7 Å². The normalized spacial score (nSPS) is 33.9. The Kier molecular flexibility index (Phi) is 20.4. The van der Waals surface area contributed by atoms with Gasteiger partial charge in [0.05, 0.1) is 16.1 Å². The molecular weight excluding hydrogens is 859 g/mol. The molecule has 0 aromatic rings. The Bertz CT molecular complexity index is 1060. The third-order valence-electron chi connectivity index (χ3n) is 16.0. The van der Waals surface area contributed by atoms with Crippen LogP contribution in [0.15, 0.2) is 0 Å². The molecule has 0 heterocycles. The topological polar surface area (TPSA) is 0 Å². The molecule has 6 saturated carbocycles. The molecule has 4 heteroatoms. The Morgan fingerprint density at radius 2 is 0.732 bits per heavy atom. The smallest absolute Gasteiger partial charge is 0.0626 e. The number of rotatable bonds is 8. The van der Waals surface area contributed by atoms with Gasteiger partial charge < -0.3 is 0 Å². The molecule has 6 fully saturated rings. The van der Waals surface area contributed by atoms with E-state index in [9.17, 15) is 0 Å². The molecule has 6 aliphatic carbocycles. The predicted octanol–water partition coefficient (Wildman–Crippen LogP) is 14.4. The minimum absolute atomic E-state index is 0. The van der Waals surface area contributed by atoms with Crippen molar-refractivity contribution in [3.05, 3.63) is 120 Å². The van der Waals surface area contributed by atoms with E-state index < -0.39 is 16.1 Å². The summed E-state index contributed by atoms with van der Waals surface area (Å²) in [5, 5.41) is 0. The van der Waals surface area contributed by atoms with Crippen LogP contribution in [0.1, 0.15) is 135 Å². The van der Waals surface area contributed by atoms with E-state index >= 15 is 0 Å². The standard InChI is InChI=1S/2C26H40Si.2Y/c2*1-16(2)24-13-10-17(3)14-25(24)22-11-12-23(15-22)27(8,9)26-20(6)18(4)19(5)21(26)7;;/h2*11-12,15-17,24-25H,10,13-14H2,1-9H3;;/t2*17-,24+,25-;;/m11../s1. The zero-order chi connectivity index (χ0) is 40.2. The van der Waals surface area contributed by atoms with Gasteiger partial charge in [-0.2, -0.15) is 0 Å². The van der Waals surface area contributed by atoms with Gasteiger partial charge in [0.15, 0.2) is 0 Å². The fourth-order valence-electron chi connectivity index (χ4n) is 11.9. The molecule has 0 aromatic carbocycles. The maximum atomic E-state index is 2.61. The fourth-order valence-corrected chi connectivity index (χ4v) is 19.1. The predicted molar refractivity (Wildman–Crippen MR) is 241 cm³/mol. The molecule has 0 unspecified atom stereocenters. The Hall–Kier alpha value is 2.64. The fraction of sp³-hybridized carbons (Fsp3) is 0.615. The number of hydrogen-bond acceptors (Lipinski definition) is 0. The van der Waals surface area contributed by atoms with Crippen molar-refractivity contribution in [1.29, 1.82) is 0 Å². The van der Waals surface area contributed by atoms with Gasteiger partial charge in [-0.1, -0.05) is 136 Å².